The van der Waals surface area contributed by atoms with Crippen LogP contribution >= 0.6 is 23.2 Å². The van der Waals surface area contributed by atoms with Crippen molar-refractivity contribution in [1.29, 1.82) is 0 Å². The maximum Gasteiger partial charge on any atom is 0.292 e. The second-order valence-corrected chi connectivity index (χ2v) is 8.25. The van der Waals surface area contributed by atoms with Crippen molar-refractivity contribution in [3.05, 3.63) is 58.1 Å². The van der Waals surface area contributed by atoms with Gasteiger partial charge in [0, 0.05) is 15.7 Å². The zero-order chi connectivity index (χ0) is 19.8. The number of piperazine rings is 1. The van der Waals surface area contributed by atoms with E-state index in [2.05, 4.69) is 11.8 Å². The molecule has 2 aliphatic rings. The Labute approximate surface area is 174 Å². The lowest BCUT2D eigenvalue weighted by Gasteiger charge is -2.36. The lowest BCUT2D eigenvalue weighted by atomic mass is 10.1. The van der Waals surface area contributed by atoms with E-state index < -0.39 is 0 Å². The Bertz CT molecular complexity index is 926. The van der Waals surface area contributed by atoms with Gasteiger partial charge in [-0.25, -0.2) is 4.90 Å². The molecule has 0 bridgehead atoms. The molecular formula is C21H22Cl2N3O2+. The molecule has 0 radical (unpaired) electrons. The van der Waals surface area contributed by atoms with Gasteiger partial charge in [0.05, 0.1) is 38.3 Å². The first kappa shape index (κ1) is 19.2. The number of amides is 2. The van der Waals surface area contributed by atoms with Gasteiger partial charge in [-0.2, -0.15) is 0 Å². The first-order valence-corrected chi connectivity index (χ1v) is 10.2. The van der Waals surface area contributed by atoms with Crippen LogP contribution in [0.3, 0.4) is 0 Å². The minimum Gasteiger partial charge on any atom is -0.360 e. The van der Waals surface area contributed by atoms with Gasteiger partial charge in [-0.15, -0.1) is 0 Å². The largest absolute Gasteiger partial charge is 0.360 e. The number of carbonyl (C=O) groups is 2. The second kappa shape index (κ2) is 7.74. The Kier molecular flexibility index (Phi) is 5.32. The molecule has 4 rings (SSSR count). The summed E-state index contributed by atoms with van der Waals surface area (Å²) in [6, 6.07) is 12.5. The summed E-state index contributed by atoms with van der Waals surface area (Å²) < 4.78 is 0. The van der Waals surface area contributed by atoms with E-state index in [1.807, 2.05) is 18.2 Å². The summed E-state index contributed by atoms with van der Waals surface area (Å²) in [7, 11) is 0. The lowest BCUT2D eigenvalue weighted by Crippen LogP contribution is -3.19. The van der Waals surface area contributed by atoms with Crippen molar-refractivity contribution in [2.75, 3.05) is 36.0 Å². The van der Waals surface area contributed by atoms with Crippen molar-refractivity contribution in [3.63, 3.8) is 0 Å². The highest BCUT2D eigenvalue weighted by Gasteiger charge is 2.46. The van der Waals surface area contributed by atoms with Gasteiger partial charge in [-0.05, 0) is 42.8 Å². The standard InChI is InChI=1S/C21H21Cl2N3O2/c1-14-5-6-16(23)12-18(14)24-7-9-25(10-8-24)19-13-20(27)26(21(19)28)17-4-2-3-15(22)11-17/h2-6,11-12,19H,7-10,13H2,1H3/p+1/t19-/m0/s1. The van der Waals surface area contributed by atoms with Gasteiger partial charge in [0.15, 0.2) is 6.04 Å². The fourth-order valence-electron chi connectivity index (χ4n) is 4.14. The van der Waals surface area contributed by atoms with Crippen LogP contribution < -0.4 is 14.7 Å². The van der Waals surface area contributed by atoms with Crippen LogP contribution in [0.5, 0.6) is 0 Å². The van der Waals surface area contributed by atoms with Crippen LogP contribution in [-0.4, -0.2) is 44.0 Å². The normalized spacial score (nSPS) is 20.9. The topological polar surface area (TPSA) is 45.1 Å². The zero-order valence-corrected chi connectivity index (χ0v) is 17.1. The van der Waals surface area contributed by atoms with Crippen LogP contribution in [0.25, 0.3) is 0 Å². The molecule has 5 nitrogen and oxygen atoms in total. The molecule has 2 amide bonds. The Hall–Kier alpha value is -2.08. The lowest BCUT2D eigenvalue weighted by molar-refractivity contribution is -0.915. The van der Waals surface area contributed by atoms with Crippen LogP contribution in [-0.2, 0) is 9.59 Å². The van der Waals surface area contributed by atoms with Crippen molar-refractivity contribution in [3.8, 4) is 0 Å². The van der Waals surface area contributed by atoms with Gasteiger partial charge in [0.25, 0.3) is 5.91 Å². The van der Waals surface area contributed by atoms with Gasteiger partial charge >= 0.3 is 0 Å². The highest BCUT2D eigenvalue weighted by molar-refractivity contribution is 6.31. The summed E-state index contributed by atoms with van der Waals surface area (Å²) in [5, 5.41) is 1.24. The van der Waals surface area contributed by atoms with E-state index in [9.17, 15) is 9.59 Å². The molecular weight excluding hydrogens is 397 g/mol. The van der Waals surface area contributed by atoms with Gasteiger partial charge in [0.2, 0.25) is 5.91 Å². The summed E-state index contributed by atoms with van der Waals surface area (Å²) in [5.41, 5.74) is 2.88. The number of benzene rings is 2. The maximum atomic E-state index is 13.0. The van der Waals surface area contributed by atoms with Crippen molar-refractivity contribution >= 4 is 46.4 Å². The van der Waals surface area contributed by atoms with Crippen LogP contribution in [0.15, 0.2) is 42.5 Å². The van der Waals surface area contributed by atoms with E-state index in [-0.39, 0.29) is 24.3 Å². The Morgan fingerprint density at radius 3 is 2.43 bits per heavy atom. The smallest absolute Gasteiger partial charge is 0.292 e. The van der Waals surface area contributed by atoms with E-state index >= 15 is 0 Å². The van der Waals surface area contributed by atoms with Crippen molar-refractivity contribution in [2.24, 2.45) is 0 Å². The number of nitrogens with zero attached hydrogens (tertiary/aromatic N) is 2. The maximum absolute atomic E-state index is 13.0. The van der Waals surface area contributed by atoms with E-state index in [1.54, 1.807) is 24.3 Å². The third kappa shape index (κ3) is 3.62. The minimum atomic E-state index is -0.325. The predicted molar refractivity (Wildman–Crippen MR) is 111 cm³/mol. The molecule has 1 N–H and O–H groups in total. The molecule has 0 aliphatic carbocycles. The summed E-state index contributed by atoms with van der Waals surface area (Å²) in [6.45, 7) is 5.34. The van der Waals surface area contributed by atoms with Crippen molar-refractivity contribution in [2.45, 2.75) is 19.4 Å². The molecule has 0 unspecified atom stereocenters. The molecule has 1 atom stereocenters. The predicted octanol–water partition coefficient (Wildman–Crippen LogP) is 2.34. The number of rotatable bonds is 3. The van der Waals surface area contributed by atoms with E-state index in [0.717, 1.165) is 36.9 Å². The molecule has 2 saturated heterocycles. The van der Waals surface area contributed by atoms with Crippen molar-refractivity contribution in [1.82, 2.24) is 0 Å². The highest BCUT2D eigenvalue weighted by atomic mass is 35.5. The van der Waals surface area contributed by atoms with Gasteiger partial charge < -0.3 is 9.80 Å². The highest BCUT2D eigenvalue weighted by Crippen LogP contribution is 2.26. The third-order valence-corrected chi connectivity index (χ3v) is 6.09. The average molecular weight is 419 g/mol. The monoisotopic (exact) mass is 418 g/mol. The van der Waals surface area contributed by atoms with Gasteiger partial charge in [-0.3, -0.25) is 9.59 Å². The number of halogens is 2. The number of imide groups is 1. The molecule has 2 aromatic rings. The number of nitrogens with one attached hydrogen (secondary N) is 1. The summed E-state index contributed by atoms with van der Waals surface area (Å²) >= 11 is 12.2. The molecule has 28 heavy (non-hydrogen) atoms. The Morgan fingerprint density at radius 2 is 1.71 bits per heavy atom. The average Bonchev–Trinajstić information content (AvgIpc) is 2.98. The summed E-state index contributed by atoms with van der Waals surface area (Å²) in [5.74, 6) is -0.285. The zero-order valence-electron chi connectivity index (χ0n) is 15.6. The fraction of sp³-hybridized carbons (Fsp3) is 0.333. The SMILES string of the molecule is Cc1ccc(Cl)cc1N1CC[NH+]([C@H]2CC(=O)N(c3cccc(Cl)c3)C2=O)CC1. The molecule has 2 aromatic carbocycles. The molecule has 0 aromatic heterocycles. The third-order valence-electron chi connectivity index (χ3n) is 5.62. The van der Waals surface area contributed by atoms with E-state index in [0.29, 0.717) is 10.7 Å². The number of anilines is 2. The number of hydrogen-bond acceptors (Lipinski definition) is 3. The first-order chi connectivity index (χ1) is 13.4. The Balaban J connectivity index is 1.46. The molecule has 2 aliphatic heterocycles. The van der Waals surface area contributed by atoms with Crippen LogP contribution in [0.1, 0.15) is 12.0 Å². The number of carbonyl (C=O) groups excluding carboxylic acids is 2. The number of hydrogen-bond donors (Lipinski definition) is 1. The summed E-state index contributed by atoms with van der Waals surface area (Å²) in [4.78, 5) is 30.3. The molecule has 0 saturated carbocycles. The fourth-order valence-corrected chi connectivity index (χ4v) is 4.49. The van der Waals surface area contributed by atoms with Crippen LogP contribution in [0, 0.1) is 6.92 Å². The molecule has 7 heteroatoms. The van der Waals surface area contributed by atoms with E-state index in [4.69, 9.17) is 23.2 Å². The van der Waals surface area contributed by atoms with Crippen LogP contribution in [0.2, 0.25) is 10.0 Å². The molecule has 2 heterocycles. The van der Waals surface area contributed by atoms with Gasteiger partial charge in [0.1, 0.15) is 0 Å². The minimum absolute atomic E-state index is 0.130. The second-order valence-electron chi connectivity index (χ2n) is 7.38. The first-order valence-electron chi connectivity index (χ1n) is 9.42. The molecule has 0 spiro atoms. The van der Waals surface area contributed by atoms with Crippen molar-refractivity contribution < 1.29 is 14.5 Å². The number of aryl methyl sites for hydroxylation is 1. The van der Waals surface area contributed by atoms with Crippen LogP contribution in [0.4, 0.5) is 11.4 Å². The molecule has 2 fully saturated rings. The van der Waals surface area contributed by atoms with Gasteiger partial charge in [-0.1, -0.05) is 35.3 Å². The molecule has 146 valence electrons. The van der Waals surface area contributed by atoms with E-state index in [1.165, 1.54) is 15.4 Å². The number of quaternary nitrogens is 1. The Morgan fingerprint density at radius 1 is 1.00 bits per heavy atom. The quantitative estimate of drug-likeness (QED) is 0.777. The summed E-state index contributed by atoms with van der Waals surface area (Å²) in [6.07, 6.45) is 0.247.